The second kappa shape index (κ2) is 8.02. The van der Waals surface area contributed by atoms with E-state index >= 15 is 0 Å². The van der Waals surface area contributed by atoms with E-state index in [1.807, 2.05) is 6.07 Å². The summed E-state index contributed by atoms with van der Waals surface area (Å²) in [6, 6.07) is 4.81. The minimum absolute atomic E-state index is 0.227. The van der Waals surface area contributed by atoms with Gasteiger partial charge in [-0.3, -0.25) is 9.36 Å². The van der Waals surface area contributed by atoms with Crippen molar-refractivity contribution in [2.75, 3.05) is 17.4 Å². The number of aromatic nitrogens is 4. The summed E-state index contributed by atoms with van der Waals surface area (Å²) in [4.78, 5) is 24.9. The number of carbonyl (C=O) groups excluding carboxylic acids is 1. The summed E-state index contributed by atoms with van der Waals surface area (Å²) in [5.74, 6) is 1.11. The summed E-state index contributed by atoms with van der Waals surface area (Å²) in [5.41, 5.74) is 0.566. The van der Waals surface area contributed by atoms with Gasteiger partial charge in [-0.25, -0.2) is 28.5 Å². The summed E-state index contributed by atoms with van der Waals surface area (Å²) in [6.07, 6.45) is 7.65. The molecule has 34 heavy (non-hydrogen) atoms. The van der Waals surface area contributed by atoms with E-state index in [4.69, 9.17) is 14.9 Å². The fraction of sp³-hybridized carbons (Fsp3) is 0.381. The second-order valence-corrected chi connectivity index (χ2v) is 9.99. The molecule has 3 aromatic heterocycles. The van der Waals surface area contributed by atoms with Gasteiger partial charge in [-0.2, -0.15) is 4.98 Å². The highest BCUT2D eigenvalue weighted by atomic mass is 32.2. The Hall–Kier alpha value is -3.58. The van der Waals surface area contributed by atoms with Gasteiger partial charge in [0.15, 0.2) is 5.03 Å². The van der Waals surface area contributed by atoms with Crippen LogP contribution in [0.2, 0.25) is 0 Å². The van der Waals surface area contributed by atoms with Gasteiger partial charge in [-0.05, 0) is 31.0 Å². The van der Waals surface area contributed by atoms with Crippen LogP contribution in [0.25, 0.3) is 11.0 Å². The van der Waals surface area contributed by atoms with Crippen LogP contribution in [0, 0.1) is 0 Å². The number of nitrogens with one attached hydrogen (secondary N) is 1. The quantitative estimate of drug-likeness (QED) is 0.532. The number of nitrogens with zero attached hydrogens (tertiary/aromatic N) is 6. The first-order valence-electron chi connectivity index (χ1n) is 10.8. The smallest absolute Gasteiger partial charge is 0.309 e. The van der Waals surface area contributed by atoms with Crippen molar-refractivity contribution >= 4 is 50.4 Å². The maximum Gasteiger partial charge on any atom is 0.309 e. The number of rotatable bonds is 3. The number of sulfonamides is 1. The Bertz CT molecular complexity index is 1410. The fourth-order valence-corrected chi connectivity index (χ4v) is 5.11. The minimum atomic E-state index is -3.88. The standard InChI is InChI=1S/C21H24N8O4S/c1-13(30)33-19-21(8-4-3-5-9-21)29-17(28(2)27-19)10-14-11-24-20(26-18(14)29)25-15-6-7-16(23-12-15)34(22,31)32/h6-7,10-12H,3-5,8-9H2,1-2H3,(H2,22,31,32)(H,24,25,26). The van der Waals surface area contributed by atoms with Crippen molar-refractivity contribution in [1.82, 2.24) is 19.5 Å². The lowest BCUT2D eigenvalue weighted by Crippen LogP contribution is -2.50. The monoisotopic (exact) mass is 484 g/mol. The van der Waals surface area contributed by atoms with Gasteiger partial charge in [0, 0.05) is 25.6 Å². The molecule has 0 aromatic carbocycles. The molecular formula is C21H24N8O4S. The molecule has 0 amide bonds. The Morgan fingerprint density at radius 3 is 2.59 bits per heavy atom. The van der Waals surface area contributed by atoms with Crippen LogP contribution in [-0.4, -0.2) is 46.9 Å². The average molecular weight is 485 g/mol. The number of pyridine rings is 1. The summed E-state index contributed by atoms with van der Waals surface area (Å²) in [5, 5.41) is 15.1. The number of anilines is 3. The van der Waals surface area contributed by atoms with Crippen molar-refractivity contribution in [3.63, 3.8) is 0 Å². The number of fused-ring (bicyclic) bond motifs is 4. The Morgan fingerprint density at radius 2 is 1.94 bits per heavy atom. The Labute approximate surface area is 195 Å². The van der Waals surface area contributed by atoms with Crippen LogP contribution >= 0.6 is 0 Å². The molecule has 178 valence electrons. The zero-order valence-electron chi connectivity index (χ0n) is 18.7. The molecular weight excluding hydrogens is 460 g/mol. The molecule has 3 aromatic rings. The summed E-state index contributed by atoms with van der Waals surface area (Å²) < 4.78 is 30.6. The lowest BCUT2D eigenvalue weighted by Gasteiger charge is -2.43. The summed E-state index contributed by atoms with van der Waals surface area (Å²) >= 11 is 0. The van der Waals surface area contributed by atoms with Gasteiger partial charge in [0.05, 0.1) is 11.9 Å². The molecule has 1 aliphatic heterocycles. The fourth-order valence-electron chi connectivity index (χ4n) is 4.65. The molecule has 4 heterocycles. The first-order valence-corrected chi connectivity index (χ1v) is 12.4. The van der Waals surface area contributed by atoms with Gasteiger partial charge < -0.3 is 10.1 Å². The second-order valence-electron chi connectivity index (χ2n) is 8.48. The van der Waals surface area contributed by atoms with Gasteiger partial charge >= 0.3 is 5.97 Å². The molecule has 0 unspecified atom stereocenters. The van der Waals surface area contributed by atoms with Crippen molar-refractivity contribution in [3.8, 4) is 0 Å². The average Bonchev–Trinajstić information content (AvgIpc) is 3.18. The van der Waals surface area contributed by atoms with E-state index in [2.05, 4.69) is 25.0 Å². The van der Waals surface area contributed by atoms with Crippen molar-refractivity contribution in [2.45, 2.75) is 49.6 Å². The van der Waals surface area contributed by atoms with Crippen LogP contribution in [0.1, 0.15) is 39.0 Å². The molecule has 0 radical (unpaired) electrons. The Kier molecular flexibility index (Phi) is 5.24. The topological polar surface area (TPSA) is 158 Å². The van der Waals surface area contributed by atoms with Crippen LogP contribution in [0.3, 0.4) is 0 Å². The number of ether oxygens (including phenoxy) is 1. The number of nitrogens with two attached hydrogens (primary N) is 1. The number of hydrogen-bond donors (Lipinski definition) is 2. The minimum Gasteiger partial charge on any atom is -0.407 e. The van der Waals surface area contributed by atoms with E-state index in [-0.39, 0.29) is 5.03 Å². The zero-order valence-corrected chi connectivity index (χ0v) is 19.5. The molecule has 1 fully saturated rings. The third kappa shape index (κ3) is 3.76. The van der Waals surface area contributed by atoms with Crippen LogP contribution in [0.15, 0.2) is 40.7 Å². The molecule has 12 nitrogen and oxygen atoms in total. The SMILES string of the molecule is CC(=O)OC1=NN(C)c2cc3cnc(Nc4ccc(S(N)(=O)=O)nc4)nc3n2C12CCCCC2. The van der Waals surface area contributed by atoms with Crippen LogP contribution < -0.4 is 15.5 Å². The number of hydrogen-bond acceptors (Lipinski definition) is 10. The molecule has 0 bridgehead atoms. The summed E-state index contributed by atoms with van der Waals surface area (Å²) in [6.45, 7) is 1.38. The largest absolute Gasteiger partial charge is 0.407 e. The molecule has 1 aliphatic carbocycles. The Balaban J connectivity index is 1.58. The van der Waals surface area contributed by atoms with E-state index in [9.17, 15) is 13.2 Å². The van der Waals surface area contributed by atoms with Gasteiger partial charge in [0.2, 0.25) is 11.8 Å². The highest BCUT2D eigenvalue weighted by molar-refractivity contribution is 7.89. The normalized spacial score (nSPS) is 17.4. The number of carbonyl (C=O) groups is 1. The third-order valence-electron chi connectivity index (χ3n) is 6.13. The molecule has 1 saturated carbocycles. The first-order chi connectivity index (χ1) is 16.2. The lowest BCUT2D eigenvalue weighted by molar-refractivity contribution is -0.133. The molecule has 13 heteroatoms. The molecule has 0 atom stereocenters. The maximum atomic E-state index is 11.9. The van der Waals surface area contributed by atoms with Crippen molar-refractivity contribution in [1.29, 1.82) is 0 Å². The van der Waals surface area contributed by atoms with Gasteiger partial charge in [0.25, 0.3) is 10.0 Å². The van der Waals surface area contributed by atoms with E-state index in [1.54, 1.807) is 18.3 Å². The van der Waals surface area contributed by atoms with Crippen LogP contribution in [0.4, 0.5) is 17.5 Å². The molecule has 1 spiro atoms. The van der Waals surface area contributed by atoms with E-state index in [0.717, 1.165) is 43.3 Å². The third-order valence-corrected chi connectivity index (χ3v) is 6.95. The zero-order chi connectivity index (χ0) is 24.1. The highest BCUT2D eigenvalue weighted by Crippen LogP contribution is 2.45. The van der Waals surface area contributed by atoms with Gasteiger partial charge in [-0.1, -0.05) is 19.3 Å². The summed E-state index contributed by atoms with van der Waals surface area (Å²) in [7, 11) is -2.08. The molecule has 5 rings (SSSR count). The lowest BCUT2D eigenvalue weighted by atomic mass is 9.80. The highest BCUT2D eigenvalue weighted by Gasteiger charge is 2.47. The maximum absolute atomic E-state index is 11.9. The van der Waals surface area contributed by atoms with Crippen molar-refractivity contribution < 1.29 is 17.9 Å². The molecule has 0 saturated heterocycles. The van der Waals surface area contributed by atoms with E-state index < -0.39 is 21.5 Å². The number of esters is 1. The molecule has 2 aliphatic rings. The predicted octanol–water partition coefficient (Wildman–Crippen LogP) is 2.20. The van der Waals surface area contributed by atoms with Gasteiger partial charge in [0.1, 0.15) is 17.0 Å². The van der Waals surface area contributed by atoms with E-state index in [0.29, 0.717) is 23.2 Å². The predicted molar refractivity (Wildman–Crippen MR) is 125 cm³/mol. The number of primary sulfonamides is 1. The first kappa shape index (κ1) is 22.2. The van der Waals surface area contributed by atoms with Crippen LogP contribution in [-0.2, 0) is 25.1 Å². The Morgan fingerprint density at radius 1 is 1.18 bits per heavy atom. The van der Waals surface area contributed by atoms with Gasteiger partial charge in [-0.15, -0.1) is 5.10 Å². The van der Waals surface area contributed by atoms with Crippen molar-refractivity contribution in [3.05, 3.63) is 30.6 Å². The van der Waals surface area contributed by atoms with E-state index in [1.165, 1.54) is 25.3 Å². The number of hydrazone groups is 1. The molecule has 3 N–H and O–H groups in total. The van der Waals surface area contributed by atoms with Crippen LogP contribution in [0.5, 0.6) is 0 Å². The van der Waals surface area contributed by atoms with Crippen molar-refractivity contribution in [2.24, 2.45) is 10.2 Å².